The number of amides is 1. The van der Waals surface area contributed by atoms with Crippen molar-refractivity contribution in [3.63, 3.8) is 0 Å². The van der Waals surface area contributed by atoms with E-state index in [1.807, 2.05) is 0 Å². The fraction of sp³-hybridized carbons (Fsp3) is 0.333. The fourth-order valence-corrected chi connectivity index (χ4v) is 2.22. The summed E-state index contributed by atoms with van der Waals surface area (Å²) < 4.78 is 13.2. The van der Waals surface area contributed by atoms with Gasteiger partial charge < -0.3 is 10.0 Å². The number of halogens is 1. The van der Waals surface area contributed by atoms with Gasteiger partial charge in [-0.05, 0) is 25.0 Å². The van der Waals surface area contributed by atoms with Crippen molar-refractivity contribution in [2.45, 2.75) is 18.9 Å². The molecule has 1 N–H and O–H groups in total. The molecule has 0 aliphatic carbocycles. The van der Waals surface area contributed by atoms with Crippen LogP contribution in [0, 0.1) is 15.9 Å². The van der Waals surface area contributed by atoms with Gasteiger partial charge in [0, 0.05) is 18.2 Å². The fourth-order valence-electron chi connectivity index (χ4n) is 2.22. The standard InChI is InChI=1S/C12H11FN2O5/c13-8-4-3-7(6-10(8)15(19)20)11(16)14-5-1-2-9(14)12(17)18/h3-4,6,9H,1-2,5H2,(H,17,18). The lowest BCUT2D eigenvalue weighted by molar-refractivity contribution is -0.387. The van der Waals surface area contributed by atoms with Gasteiger partial charge in [-0.1, -0.05) is 0 Å². The van der Waals surface area contributed by atoms with Crippen molar-refractivity contribution in [3.8, 4) is 0 Å². The summed E-state index contributed by atoms with van der Waals surface area (Å²) in [6.45, 7) is 0.265. The average molecular weight is 282 g/mol. The molecule has 1 aliphatic rings. The van der Waals surface area contributed by atoms with Gasteiger partial charge in [-0.25, -0.2) is 4.79 Å². The SMILES string of the molecule is O=C(O)C1CCCN1C(=O)c1ccc(F)c([N+](=O)[O-])c1. The van der Waals surface area contributed by atoms with Gasteiger partial charge in [0.05, 0.1) is 4.92 Å². The Morgan fingerprint density at radius 1 is 1.45 bits per heavy atom. The highest BCUT2D eigenvalue weighted by atomic mass is 19.1. The van der Waals surface area contributed by atoms with Crippen LogP contribution in [0.5, 0.6) is 0 Å². The van der Waals surface area contributed by atoms with E-state index in [-0.39, 0.29) is 12.1 Å². The smallest absolute Gasteiger partial charge is 0.326 e. The molecule has 106 valence electrons. The van der Waals surface area contributed by atoms with Gasteiger partial charge in [-0.15, -0.1) is 0 Å². The molecule has 1 unspecified atom stereocenters. The molecule has 8 heteroatoms. The summed E-state index contributed by atoms with van der Waals surface area (Å²) in [5.74, 6) is -2.80. The minimum absolute atomic E-state index is 0.0914. The summed E-state index contributed by atoms with van der Waals surface area (Å²) in [7, 11) is 0. The number of hydrogen-bond acceptors (Lipinski definition) is 4. The van der Waals surface area contributed by atoms with E-state index in [4.69, 9.17) is 5.11 Å². The number of nitrogens with zero attached hydrogens (tertiary/aromatic N) is 2. The van der Waals surface area contributed by atoms with Gasteiger partial charge in [-0.2, -0.15) is 4.39 Å². The minimum atomic E-state index is -1.12. The molecule has 2 rings (SSSR count). The number of hydrogen-bond donors (Lipinski definition) is 1. The molecular formula is C12H11FN2O5. The van der Waals surface area contributed by atoms with Crippen molar-refractivity contribution in [1.82, 2.24) is 4.90 Å². The van der Waals surface area contributed by atoms with Crippen LogP contribution < -0.4 is 0 Å². The van der Waals surface area contributed by atoms with Crippen molar-refractivity contribution in [3.05, 3.63) is 39.7 Å². The summed E-state index contributed by atoms with van der Waals surface area (Å²) >= 11 is 0. The second-order valence-corrected chi connectivity index (χ2v) is 4.42. The zero-order chi connectivity index (χ0) is 14.9. The van der Waals surface area contributed by atoms with Gasteiger partial charge in [0.1, 0.15) is 6.04 Å². The van der Waals surface area contributed by atoms with E-state index in [0.717, 1.165) is 23.1 Å². The number of carboxylic acid groups (broad SMARTS) is 1. The average Bonchev–Trinajstić information content (AvgIpc) is 2.87. The molecular weight excluding hydrogens is 271 g/mol. The molecule has 0 saturated carbocycles. The molecule has 1 aliphatic heterocycles. The first-order valence-corrected chi connectivity index (χ1v) is 5.89. The molecule has 1 atom stereocenters. The maximum atomic E-state index is 13.2. The van der Waals surface area contributed by atoms with Gasteiger partial charge in [-0.3, -0.25) is 14.9 Å². The summed E-state index contributed by atoms with van der Waals surface area (Å²) in [6, 6.07) is 1.83. The molecule has 20 heavy (non-hydrogen) atoms. The van der Waals surface area contributed by atoms with E-state index in [2.05, 4.69) is 0 Å². The lowest BCUT2D eigenvalue weighted by Crippen LogP contribution is -2.40. The summed E-state index contributed by atoms with van der Waals surface area (Å²) in [6.07, 6.45) is 0.885. The number of rotatable bonds is 3. The number of benzene rings is 1. The molecule has 0 aromatic heterocycles. The van der Waals surface area contributed by atoms with Crippen molar-refractivity contribution in [1.29, 1.82) is 0 Å². The number of carbonyl (C=O) groups excluding carboxylic acids is 1. The number of likely N-dealkylation sites (tertiary alicyclic amines) is 1. The molecule has 0 bridgehead atoms. The van der Waals surface area contributed by atoms with Gasteiger partial charge in [0.15, 0.2) is 0 Å². The second-order valence-electron chi connectivity index (χ2n) is 4.42. The molecule has 1 fully saturated rings. The van der Waals surface area contributed by atoms with Gasteiger partial charge >= 0.3 is 11.7 Å². The summed E-state index contributed by atoms with van der Waals surface area (Å²) in [4.78, 5) is 34.0. The monoisotopic (exact) mass is 282 g/mol. The highest BCUT2D eigenvalue weighted by molar-refractivity contribution is 5.97. The van der Waals surface area contributed by atoms with E-state index in [1.54, 1.807) is 0 Å². The minimum Gasteiger partial charge on any atom is -0.480 e. The Labute approximate surface area is 112 Å². The molecule has 0 spiro atoms. The Balaban J connectivity index is 2.32. The largest absolute Gasteiger partial charge is 0.480 e. The number of aliphatic carboxylic acids is 1. The van der Waals surface area contributed by atoms with E-state index in [0.29, 0.717) is 12.8 Å². The lowest BCUT2D eigenvalue weighted by atomic mass is 10.1. The second kappa shape index (κ2) is 5.24. The molecule has 1 heterocycles. The number of nitro groups is 1. The summed E-state index contributed by atoms with van der Waals surface area (Å²) in [5.41, 5.74) is -0.895. The summed E-state index contributed by atoms with van der Waals surface area (Å²) in [5, 5.41) is 19.6. The Kier molecular flexibility index (Phi) is 3.64. The number of nitro benzene ring substituents is 1. The van der Waals surface area contributed by atoms with Crippen LogP contribution in [0.3, 0.4) is 0 Å². The number of carboxylic acids is 1. The molecule has 1 aromatic rings. The van der Waals surface area contributed by atoms with Crippen LogP contribution in [0.25, 0.3) is 0 Å². The lowest BCUT2D eigenvalue weighted by Gasteiger charge is -2.21. The Morgan fingerprint density at radius 2 is 2.15 bits per heavy atom. The zero-order valence-electron chi connectivity index (χ0n) is 10.3. The van der Waals surface area contributed by atoms with Gasteiger partial charge in [0.25, 0.3) is 5.91 Å². The normalized spacial score (nSPS) is 18.1. The van der Waals surface area contributed by atoms with Crippen LogP contribution in [-0.4, -0.2) is 39.4 Å². The highest BCUT2D eigenvalue weighted by Crippen LogP contribution is 2.23. The van der Waals surface area contributed by atoms with E-state index >= 15 is 0 Å². The first-order chi connectivity index (χ1) is 9.41. The molecule has 0 radical (unpaired) electrons. The van der Waals surface area contributed by atoms with E-state index < -0.39 is 34.3 Å². The van der Waals surface area contributed by atoms with Crippen LogP contribution in [-0.2, 0) is 4.79 Å². The topological polar surface area (TPSA) is 101 Å². The van der Waals surface area contributed by atoms with Crippen molar-refractivity contribution < 1.29 is 24.0 Å². The number of carbonyl (C=O) groups is 2. The molecule has 7 nitrogen and oxygen atoms in total. The maximum absolute atomic E-state index is 13.2. The van der Waals surface area contributed by atoms with Crippen molar-refractivity contribution in [2.75, 3.05) is 6.54 Å². The first-order valence-electron chi connectivity index (χ1n) is 5.89. The Hall–Kier alpha value is -2.51. The highest BCUT2D eigenvalue weighted by Gasteiger charge is 2.35. The van der Waals surface area contributed by atoms with Crippen LogP contribution in [0.4, 0.5) is 10.1 Å². The van der Waals surface area contributed by atoms with Crippen LogP contribution in [0.2, 0.25) is 0 Å². The van der Waals surface area contributed by atoms with Crippen LogP contribution in [0.15, 0.2) is 18.2 Å². The third-order valence-electron chi connectivity index (χ3n) is 3.19. The van der Waals surface area contributed by atoms with E-state index in [9.17, 15) is 24.1 Å². The van der Waals surface area contributed by atoms with Gasteiger partial charge in [0.2, 0.25) is 5.82 Å². The van der Waals surface area contributed by atoms with Crippen molar-refractivity contribution >= 4 is 17.6 Å². The molecule has 1 aromatic carbocycles. The Morgan fingerprint density at radius 3 is 2.75 bits per heavy atom. The Bertz CT molecular complexity index is 589. The zero-order valence-corrected chi connectivity index (χ0v) is 10.3. The third kappa shape index (κ3) is 2.44. The predicted molar refractivity (Wildman–Crippen MR) is 64.7 cm³/mol. The van der Waals surface area contributed by atoms with E-state index in [1.165, 1.54) is 0 Å². The quantitative estimate of drug-likeness (QED) is 0.667. The maximum Gasteiger partial charge on any atom is 0.326 e. The van der Waals surface area contributed by atoms with Crippen LogP contribution >= 0.6 is 0 Å². The first kappa shape index (κ1) is 13.9. The van der Waals surface area contributed by atoms with Crippen LogP contribution in [0.1, 0.15) is 23.2 Å². The predicted octanol–water partition coefficient (Wildman–Crippen LogP) is 1.42. The molecule has 1 saturated heterocycles. The third-order valence-corrected chi connectivity index (χ3v) is 3.19. The molecule has 1 amide bonds. The van der Waals surface area contributed by atoms with Crippen molar-refractivity contribution in [2.24, 2.45) is 0 Å².